The van der Waals surface area contributed by atoms with Crippen molar-refractivity contribution in [1.29, 1.82) is 0 Å². The van der Waals surface area contributed by atoms with Crippen molar-refractivity contribution in [2.45, 2.75) is 20.3 Å². The Hall–Kier alpha value is -2.15. The molecule has 0 radical (unpaired) electrons. The fourth-order valence-corrected chi connectivity index (χ4v) is 1.77. The van der Waals surface area contributed by atoms with Crippen molar-refractivity contribution in [2.75, 3.05) is 26.2 Å². The largest absolute Gasteiger partial charge is 0.494 e. The Morgan fingerprint density at radius 3 is 2.80 bits per heavy atom. The van der Waals surface area contributed by atoms with Gasteiger partial charge in [-0.15, -0.1) is 6.42 Å². The molecular weight excluding hydrogens is 250 g/mol. The molecule has 0 bridgehead atoms. The Kier molecular flexibility index (Phi) is 7.74. The molecule has 0 amide bonds. The number of terminal acetylenes is 1. The highest BCUT2D eigenvalue weighted by Crippen LogP contribution is 2.18. The third kappa shape index (κ3) is 5.66. The lowest BCUT2D eigenvalue weighted by molar-refractivity contribution is 0.336. The fraction of sp³-hybridized carbons (Fsp3) is 0.438. The molecule has 0 fully saturated rings. The SMILES string of the molecule is C#CCNC(=NCCc1ccccc1OCC)NCC. The van der Waals surface area contributed by atoms with Crippen LogP contribution in [-0.4, -0.2) is 32.2 Å². The van der Waals surface area contributed by atoms with Crippen LogP contribution in [0.3, 0.4) is 0 Å². The van der Waals surface area contributed by atoms with E-state index in [1.807, 2.05) is 32.0 Å². The van der Waals surface area contributed by atoms with Gasteiger partial charge in [0.2, 0.25) is 0 Å². The van der Waals surface area contributed by atoms with E-state index in [1.165, 1.54) is 5.56 Å². The fourth-order valence-electron chi connectivity index (χ4n) is 1.77. The maximum Gasteiger partial charge on any atom is 0.192 e. The molecule has 20 heavy (non-hydrogen) atoms. The summed E-state index contributed by atoms with van der Waals surface area (Å²) < 4.78 is 5.60. The Labute approximate surface area is 121 Å². The minimum Gasteiger partial charge on any atom is -0.494 e. The van der Waals surface area contributed by atoms with Crippen LogP contribution in [-0.2, 0) is 6.42 Å². The first-order valence-corrected chi connectivity index (χ1v) is 6.98. The van der Waals surface area contributed by atoms with E-state index in [4.69, 9.17) is 11.2 Å². The van der Waals surface area contributed by atoms with E-state index < -0.39 is 0 Å². The minimum absolute atomic E-state index is 0.474. The number of rotatable bonds is 7. The number of ether oxygens (including phenoxy) is 1. The first-order valence-electron chi connectivity index (χ1n) is 6.98. The first-order chi connectivity index (χ1) is 9.81. The van der Waals surface area contributed by atoms with Gasteiger partial charge in [-0.05, 0) is 31.9 Å². The zero-order valence-electron chi connectivity index (χ0n) is 12.3. The van der Waals surface area contributed by atoms with Crippen LogP contribution in [0.25, 0.3) is 0 Å². The van der Waals surface area contributed by atoms with Crippen LogP contribution in [0.15, 0.2) is 29.3 Å². The Bertz CT molecular complexity index is 463. The third-order valence-electron chi connectivity index (χ3n) is 2.63. The number of hydrogen-bond donors (Lipinski definition) is 2. The number of guanidine groups is 1. The third-order valence-corrected chi connectivity index (χ3v) is 2.63. The van der Waals surface area contributed by atoms with E-state index in [0.29, 0.717) is 19.7 Å². The summed E-state index contributed by atoms with van der Waals surface area (Å²) in [5, 5.41) is 6.22. The predicted octanol–water partition coefficient (Wildman–Crippen LogP) is 1.82. The zero-order valence-corrected chi connectivity index (χ0v) is 12.3. The predicted molar refractivity (Wildman–Crippen MR) is 84.1 cm³/mol. The molecule has 4 heteroatoms. The number of hydrogen-bond acceptors (Lipinski definition) is 2. The van der Waals surface area contributed by atoms with E-state index in [1.54, 1.807) is 0 Å². The summed E-state index contributed by atoms with van der Waals surface area (Å²) in [6.07, 6.45) is 6.07. The summed E-state index contributed by atoms with van der Waals surface area (Å²) in [5.41, 5.74) is 1.17. The molecule has 0 atom stereocenters. The van der Waals surface area contributed by atoms with Gasteiger partial charge in [-0.3, -0.25) is 4.99 Å². The lowest BCUT2D eigenvalue weighted by atomic mass is 10.1. The quantitative estimate of drug-likeness (QED) is 0.452. The van der Waals surface area contributed by atoms with Gasteiger partial charge in [0.05, 0.1) is 13.2 Å². The molecule has 0 aromatic heterocycles. The van der Waals surface area contributed by atoms with Gasteiger partial charge in [0.15, 0.2) is 5.96 Å². The molecule has 0 heterocycles. The average Bonchev–Trinajstić information content (AvgIpc) is 2.47. The second kappa shape index (κ2) is 9.74. The molecule has 0 unspecified atom stereocenters. The molecule has 1 aromatic rings. The van der Waals surface area contributed by atoms with Gasteiger partial charge >= 0.3 is 0 Å². The molecule has 0 spiro atoms. The monoisotopic (exact) mass is 273 g/mol. The van der Waals surface area contributed by atoms with E-state index in [2.05, 4.69) is 27.6 Å². The molecule has 1 rings (SSSR count). The standard InChI is InChI=1S/C16H23N3O/c1-4-12-18-16(17-5-2)19-13-11-14-9-7-8-10-15(14)20-6-3/h1,7-10H,5-6,11-13H2,2-3H3,(H2,17,18,19). The summed E-state index contributed by atoms with van der Waals surface area (Å²) in [4.78, 5) is 4.49. The second-order valence-electron chi connectivity index (χ2n) is 4.11. The van der Waals surface area contributed by atoms with E-state index in [9.17, 15) is 0 Å². The van der Waals surface area contributed by atoms with E-state index >= 15 is 0 Å². The summed E-state index contributed by atoms with van der Waals surface area (Å²) >= 11 is 0. The number of para-hydroxylation sites is 1. The van der Waals surface area contributed by atoms with Crippen molar-refractivity contribution >= 4 is 5.96 Å². The molecule has 1 aromatic carbocycles. The zero-order chi connectivity index (χ0) is 14.6. The van der Waals surface area contributed by atoms with Crippen molar-refractivity contribution in [3.05, 3.63) is 29.8 Å². The number of benzene rings is 1. The molecule has 0 aliphatic heterocycles. The summed E-state index contributed by atoms with van der Waals surface area (Å²) in [7, 11) is 0. The molecule has 0 saturated heterocycles. The first kappa shape index (κ1) is 15.9. The normalized spacial score (nSPS) is 10.8. The van der Waals surface area contributed by atoms with Crippen LogP contribution in [0.5, 0.6) is 5.75 Å². The van der Waals surface area contributed by atoms with Gasteiger partial charge in [-0.2, -0.15) is 0 Å². The summed E-state index contributed by atoms with van der Waals surface area (Å²) in [6.45, 7) is 6.66. The van der Waals surface area contributed by atoms with Crippen molar-refractivity contribution < 1.29 is 4.74 Å². The van der Waals surface area contributed by atoms with Gasteiger partial charge < -0.3 is 15.4 Å². The van der Waals surface area contributed by atoms with Crippen LogP contribution in [0, 0.1) is 12.3 Å². The van der Waals surface area contributed by atoms with E-state index in [-0.39, 0.29) is 0 Å². The highest BCUT2D eigenvalue weighted by Gasteiger charge is 2.02. The van der Waals surface area contributed by atoms with E-state index in [0.717, 1.165) is 24.7 Å². The van der Waals surface area contributed by atoms with Crippen LogP contribution in [0.4, 0.5) is 0 Å². The Morgan fingerprint density at radius 1 is 1.30 bits per heavy atom. The van der Waals surface area contributed by atoms with Gasteiger partial charge in [0.25, 0.3) is 0 Å². The number of aliphatic imine (C=N–C) groups is 1. The number of nitrogens with zero attached hydrogens (tertiary/aromatic N) is 1. The van der Waals surface area contributed by atoms with Crippen molar-refractivity contribution in [1.82, 2.24) is 10.6 Å². The molecule has 0 saturated carbocycles. The van der Waals surface area contributed by atoms with Gasteiger partial charge in [0.1, 0.15) is 5.75 Å². The van der Waals surface area contributed by atoms with Crippen LogP contribution in [0.2, 0.25) is 0 Å². The summed E-state index contributed by atoms with van der Waals surface area (Å²) in [6, 6.07) is 8.06. The highest BCUT2D eigenvalue weighted by molar-refractivity contribution is 5.79. The van der Waals surface area contributed by atoms with Crippen LogP contribution >= 0.6 is 0 Å². The Balaban J connectivity index is 2.58. The van der Waals surface area contributed by atoms with Gasteiger partial charge in [0, 0.05) is 13.1 Å². The van der Waals surface area contributed by atoms with Gasteiger partial charge in [-0.25, -0.2) is 0 Å². The lowest BCUT2D eigenvalue weighted by Crippen LogP contribution is -2.37. The van der Waals surface area contributed by atoms with Crippen molar-refractivity contribution in [2.24, 2.45) is 4.99 Å². The maximum absolute atomic E-state index is 5.60. The van der Waals surface area contributed by atoms with Crippen LogP contribution < -0.4 is 15.4 Å². The Morgan fingerprint density at radius 2 is 2.10 bits per heavy atom. The molecule has 0 aliphatic carbocycles. The molecule has 2 N–H and O–H groups in total. The number of nitrogens with one attached hydrogen (secondary N) is 2. The van der Waals surface area contributed by atoms with Crippen molar-refractivity contribution in [3.63, 3.8) is 0 Å². The topological polar surface area (TPSA) is 45.7 Å². The lowest BCUT2D eigenvalue weighted by Gasteiger charge is -2.10. The molecule has 0 aliphatic rings. The summed E-state index contributed by atoms with van der Waals surface area (Å²) in [5.74, 6) is 4.22. The van der Waals surface area contributed by atoms with Crippen molar-refractivity contribution in [3.8, 4) is 18.1 Å². The maximum atomic E-state index is 5.60. The van der Waals surface area contributed by atoms with Crippen LogP contribution in [0.1, 0.15) is 19.4 Å². The second-order valence-corrected chi connectivity index (χ2v) is 4.11. The smallest absolute Gasteiger partial charge is 0.192 e. The van der Waals surface area contributed by atoms with Gasteiger partial charge in [-0.1, -0.05) is 24.1 Å². The average molecular weight is 273 g/mol. The molecule has 108 valence electrons. The highest BCUT2D eigenvalue weighted by atomic mass is 16.5. The molecule has 4 nitrogen and oxygen atoms in total. The molecular formula is C16H23N3O. The minimum atomic E-state index is 0.474.